The maximum Gasteiger partial charge on any atom is 0.265 e. The SMILES string of the molecule is CCc1ccc(OC(C)C(=O)Nc2ccc(F)cc2)cc1. The van der Waals surface area contributed by atoms with Crippen molar-refractivity contribution in [3.63, 3.8) is 0 Å². The average Bonchev–Trinajstić information content (AvgIpc) is 2.50. The average molecular weight is 287 g/mol. The summed E-state index contributed by atoms with van der Waals surface area (Å²) in [7, 11) is 0. The van der Waals surface area contributed by atoms with Crippen LogP contribution in [0.4, 0.5) is 10.1 Å². The minimum Gasteiger partial charge on any atom is -0.481 e. The van der Waals surface area contributed by atoms with Crippen LogP contribution in [-0.2, 0) is 11.2 Å². The van der Waals surface area contributed by atoms with E-state index in [9.17, 15) is 9.18 Å². The zero-order valence-electron chi connectivity index (χ0n) is 12.1. The molecule has 0 fully saturated rings. The van der Waals surface area contributed by atoms with Gasteiger partial charge in [0.15, 0.2) is 6.10 Å². The van der Waals surface area contributed by atoms with Crippen molar-refractivity contribution in [3.8, 4) is 5.75 Å². The van der Waals surface area contributed by atoms with Crippen molar-refractivity contribution < 1.29 is 13.9 Å². The third-order valence-electron chi connectivity index (χ3n) is 3.13. The van der Waals surface area contributed by atoms with Crippen molar-refractivity contribution in [3.05, 3.63) is 59.9 Å². The van der Waals surface area contributed by atoms with Crippen molar-refractivity contribution in [2.24, 2.45) is 0 Å². The van der Waals surface area contributed by atoms with E-state index in [1.807, 2.05) is 24.3 Å². The van der Waals surface area contributed by atoms with Crippen molar-refractivity contribution >= 4 is 11.6 Å². The molecule has 2 rings (SSSR count). The molecule has 4 heteroatoms. The molecule has 0 spiro atoms. The summed E-state index contributed by atoms with van der Waals surface area (Å²) in [6.45, 7) is 3.75. The highest BCUT2D eigenvalue weighted by molar-refractivity contribution is 5.94. The predicted octanol–water partition coefficient (Wildman–Crippen LogP) is 3.79. The second kappa shape index (κ2) is 6.88. The van der Waals surface area contributed by atoms with Crippen LogP contribution in [0.25, 0.3) is 0 Å². The van der Waals surface area contributed by atoms with Gasteiger partial charge < -0.3 is 10.1 Å². The van der Waals surface area contributed by atoms with E-state index in [1.54, 1.807) is 6.92 Å². The van der Waals surface area contributed by atoms with Gasteiger partial charge in [0, 0.05) is 5.69 Å². The van der Waals surface area contributed by atoms with Gasteiger partial charge in [0.25, 0.3) is 5.91 Å². The third-order valence-corrected chi connectivity index (χ3v) is 3.13. The minimum absolute atomic E-state index is 0.277. The van der Waals surface area contributed by atoms with Crippen molar-refractivity contribution in [2.75, 3.05) is 5.32 Å². The molecule has 1 unspecified atom stereocenters. The van der Waals surface area contributed by atoms with E-state index in [1.165, 1.54) is 29.8 Å². The zero-order valence-corrected chi connectivity index (χ0v) is 12.1. The number of ether oxygens (including phenoxy) is 1. The highest BCUT2D eigenvalue weighted by Crippen LogP contribution is 2.15. The first-order chi connectivity index (χ1) is 10.1. The fraction of sp³-hybridized carbons (Fsp3) is 0.235. The lowest BCUT2D eigenvalue weighted by atomic mass is 10.2. The van der Waals surface area contributed by atoms with Crippen LogP contribution < -0.4 is 10.1 Å². The summed E-state index contributed by atoms with van der Waals surface area (Å²) in [5.74, 6) is 0.0310. The van der Waals surface area contributed by atoms with E-state index in [-0.39, 0.29) is 11.7 Å². The molecule has 1 atom stereocenters. The number of anilines is 1. The molecule has 0 bridgehead atoms. The molecule has 21 heavy (non-hydrogen) atoms. The largest absolute Gasteiger partial charge is 0.481 e. The number of carbonyl (C=O) groups is 1. The molecular weight excluding hydrogens is 269 g/mol. The molecule has 0 aliphatic rings. The van der Waals surface area contributed by atoms with Gasteiger partial charge in [0.1, 0.15) is 11.6 Å². The number of benzene rings is 2. The maximum atomic E-state index is 12.8. The van der Waals surface area contributed by atoms with Crippen molar-refractivity contribution in [1.29, 1.82) is 0 Å². The number of hydrogen-bond donors (Lipinski definition) is 1. The van der Waals surface area contributed by atoms with Crippen LogP contribution in [0.15, 0.2) is 48.5 Å². The quantitative estimate of drug-likeness (QED) is 0.908. The summed E-state index contributed by atoms with van der Waals surface area (Å²) < 4.78 is 18.4. The molecule has 0 heterocycles. The summed E-state index contributed by atoms with van der Waals surface area (Å²) in [6, 6.07) is 13.3. The number of amides is 1. The first-order valence-electron chi connectivity index (χ1n) is 6.90. The van der Waals surface area contributed by atoms with Gasteiger partial charge in [-0.05, 0) is 55.3 Å². The van der Waals surface area contributed by atoms with Gasteiger partial charge in [-0.25, -0.2) is 4.39 Å². The van der Waals surface area contributed by atoms with E-state index < -0.39 is 6.10 Å². The van der Waals surface area contributed by atoms with Crippen molar-refractivity contribution in [2.45, 2.75) is 26.4 Å². The Hall–Kier alpha value is -2.36. The van der Waals surface area contributed by atoms with E-state index in [0.29, 0.717) is 11.4 Å². The lowest BCUT2D eigenvalue weighted by Gasteiger charge is -2.15. The van der Waals surface area contributed by atoms with Gasteiger partial charge in [0.2, 0.25) is 0 Å². The monoisotopic (exact) mass is 287 g/mol. The highest BCUT2D eigenvalue weighted by Gasteiger charge is 2.14. The second-order valence-corrected chi connectivity index (χ2v) is 4.75. The topological polar surface area (TPSA) is 38.3 Å². The minimum atomic E-state index is -0.637. The standard InChI is InChI=1S/C17H18FNO2/c1-3-13-4-10-16(11-5-13)21-12(2)17(20)19-15-8-6-14(18)7-9-15/h4-12H,3H2,1-2H3,(H,19,20). The van der Waals surface area contributed by atoms with E-state index in [4.69, 9.17) is 4.74 Å². The zero-order chi connectivity index (χ0) is 15.2. The first-order valence-corrected chi connectivity index (χ1v) is 6.90. The molecule has 110 valence electrons. The summed E-state index contributed by atoms with van der Waals surface area (Å²) in [5.41, 5.74) is 1.75. The van der Waals surface area contributed by atoms with Crippen LogP contribution in [0, 0.1) is 5.82 Å². The molecule has 0 saturated heterocycles. The molecule has 0 saturated carbocycles. The highest BCUT2D eigenvalue weighted by atomic mass is 19.1. The van der Waals surface area contributed by atoms with Gasteiger partial charge in [-0.15, -0.1) is 0 Å². The van der Waals surface area contributed by atoms with Crippen LogP contribution in [0.5, 0.6) is 5.75 Å². The van der Waals surface area contributed by atoms with Crippen LogP contribution in [0.3, 0.4) is 0 Å². The molecule has 0 radical (unpaired) electrons. The van der Waals surface area contributed by atoms with E-state index in [0.717, 1.165) is 6.42 Å². The van der Waals surface area contributed by atoms with Gasteiger partial charge in [0.05, 0.1) is 0 Å². The fourth-order valence-electron chi connectivity index (χ4n) is 1.84. The first kappa shape index (κ1) is 15.0. The predicted molar refractivity (Wildman–Crippen MR) is 80.9 cm³/mol. The van der Waals surface area contributed by atoms with Crippen LogP contribution >= 0.6 is 0 Å². The Morgan fingerprint density at radius 3 is 2.33 bits per heavy atom. The molecule has 0 aliphatic carbocycles. The molecular formula is C17H18FNO2. The third kappa shape index (κ3) is 4.31. The molecule has 0 aromatic heterocycles. The van der Waals surface area contributed by atoms with Gasteiger partial charge in [-0.1, -0.05) is 19.1 Å². The number of nitrogens with one attached hydrogen (secondary N) is 1. The number of hydrogen-bond acceptors (Lipinski definition) is 2. The smallest absolute Gasteiger partial charge is 0.265 e. The molecule has 1 amide bonds. The summed E-state index contributed by atoms with van der Waals surface area (Å²) in [4.78, 5) is 12.0. The fourth-order valence-corrected chi connectivity index (χ4v) is 1.84. The van der Waals surface area contributed by atoms with Crippen LogP contribution in [0.1, 0.15) is 19.4 Å². The second-order valence-electron chi connectivity index (χ2n) is 4.75. The van der Waals surface area contributed by atoms with E-state index >= 15 is 0 Å². The summed E-state index contributed by atoms with van der Waals surface area (Å²) in [6.07, 6.45) is 0.323. The lowest BCUT2D eigenvalue weighted by Crippen LogP contribution is -2.30. The Bertz CT molecular complexity index is 593. The van der Waals surface area contributed by atoms with Crippen LogP contribution in [0.2, 0.25) is 0 Å². The molecule has 3 nitrogen and oxygen atoms in total. The lowest BCUT2D eigenvalue weighted by molar-refractivity contribution is -0.122. The Kier molecular flexibility index (Phi) is 4.93. The number of carbonyl (C=O) groups excluding carboxylic acids is 1. The Morgan fingerprint density at radius 1 is 1.14 bits per heavy atom. The van der Waals surface area contributed by atoms with E-state index in [2.05, 4.69) is 12.2 Å². The molecule has 2 aromatic rings. The summed E-state index contributed by atoms with van der Waals surface area (Å²) in [5, 5.41) is 2.68. The Labute approximate surface area is 123 Å². The summed E-state index contributed by atoms with van der Waals surface area (Å²) >= 11 is 0. The van der Waals surface area contributed by atoms with Crippen molar-refractivity contribution in [1.82, 2.24) is 0 Å². The van der Waals surface area contributed by atoms with Gasteiger partial charge in [-0.3, -0.25) is 4.79 Å². The molecule has 2 aromatic carbocycles. The Morgan fingerprint density at radius 2 is 1.76 bits per heavy atom. The van der Waals surface area contributed by atoms with Gasteiger partial charge in [-0.2, -0.15) is 0 Å². The molecule has 1 N–H and O–H groups in total. The maximum absolute atomic E-state index is 12.8. The number of rotatable bonds is 5. The van der Waals surface area contributed by atoms with Crippen LogP contribution in [-0.4, -0.2) is 12.0 Å². The number of aryl methyl sites for hydroxylation is 1. The van der Waals surface area contributed by atoms with Gasteiger partial charge >= 0.3 is 0 Å². The Balaban J connectivity index is 1.93. The number of halogens is 1. The molecule has 0 aliphatic heterocycles. The normalized spacial score (nSPS) is 11.8.